The Morgan fingerprint density at radius 1 is 0.778 bits per heavy atom. The molecule has 0 saturated heterocycles. The molecule has 1 aliphatic rings. The Hall–Kier alpha value is -0.760. The third-order valence-electron chi connectivity index (χ3n) is 4.11. The second-order valence-electron chi connectivity index (χ2n) is 7.05. The van der Waals surface area contributed by atoms with Gasteiger partial charge in [0.15, 0.2) is 0 Å². The standard InChI is InChI=1S/C9H20N.C4HF9O3S/c1-10(2,3)9-7-5-4-6-8-9;5-1(6,3(9,10)11)2(7,8)4(12,13)17(14,15)16/h9H,4-8H2,1-3H3;(H,14,15,16)/q+1;. The van der Waals surface area contributed by atoms with E-state index < -0.39 is 33.4 Å². The first-order valence-corrected chi connectivity index (χ1v) is 9.03. The number of quaternary nitrogens is 1. The van der Waals surface area contributed by atoms with Gasteiger partial charge in [0.05, 0.1) is 27.2 Å². The van der Waals surface area contributed by atoms with Crippen molar-refractivity contribution in [1.82, 2.24) is 0 Å². The molecule has 0 amide bonds. The van der Waals surface area contributed by atoms with Gasteiger partial charge in [0.1, 0.15) is 0 Å². The van der Waals surface area contributed by atoms with Crippen molar-refractivity contribution in [2.24, 2.45) is 0 Å². The molecule has 1 rings (SSSR count). The van der Waals surface area contributed by atoms with Gasteiger partial charge in [0.2, 0.25) is 0 Å². The minimum Gasteiger partial charge on any atom is -0.328 e. The summed E-state index contributed by atoms with van der Waals surface area (Å²) in [7, 11) is -0.220. The quantitative estimate of drug-likeness (QED) is 0.401. The number of alkyl halides is 9. The van der Waals surface area contributed by atoms with Crippen molar-refractivity contribution < 1.29 is 57.0 Å². The van der Waals surface area contributed by atoms with Crippen LogP contribution in [-0.2, 0) is 10.1 Å². The molecule has 14 heteroatoms. The van der Waals surface area contributed by atoms with Crippen LogP contribution in [-0.4, -0.2) is 67.9 Å². The summed E-state index contributed by atoms with van der Waals surface area (Å²) in [6.45, 7) is 0. The summed E-state index contributed by atoms with van der Waals surface area (Å²) < 4.78 is 135. The molecule has 1 fully saturated rings. The van der Waals surface area contributed by atoms with Gasteiger partial charge >= 0.3 is 33.4 Å². The van der Waals surface area contributed by atoms with Gasteiger partial charge in [-0.2, -0.15) is 47.9 Å². The fraction of sp³-hybridized carbons (Fsp3) is 1.00. The SMILES string of the molecule is C[N+](C)(C)C1CCCCC1.O=S(=O)(O)C(F)(F)C(F)(F)C(F)(F)C(F)(F)F. The van der Waals surface area contributed by atoms with Crippen molar-refractivity contribution >= 4 is 10.1 Å². The van der Waals surface area contributed by atoms with Crippen LogP contribution in [0.2, 0.25) is 0 Å². The normalized spacial score (nSPS) is 18.7. The molecule has 0 atom stereocenters. The average molecular weight is 442 g/mol. The highest BCUT2D eigenvalue weighted by Crippen LogP contribution is 2.54. The van der Waals surface area contributed by atoms with Gasteiger partial charge in [-0.15, -0.1) is 0 Å². The molecule has 1 saturated carbocycles. The van der Waals surface area contributed by atoms with Crippen LogP contribution in [0.5, 0.6) is 0 Å². The van der Waals surface area contributed by atoms with Crippen molar-refractivity contribution in [1.29, 1.82) is 0 Å². The fourth-order valence-electron chi connectivity index (χ4n) is 2.38. The predicted molar refractivity (Wildman–Crippen MR) is 77.4 cm³/mol. The van der Waals surface area contributed by atoms with E-state index in [1.165, 1.54) is 36.6 Å². The van der Waals surface area contributed by atoms with E-state index in [9.17, 15) is 47.9 Å². The van der Waals surface area contributed by atoms with E-state index in [4.69, 9.17) is 4.55 Å². The minimum absolute atomic E-state index is 0.939. The molecular formula is C13H21F9NO3S+. The summed E-state index contributed by atoms with van der Waals surface area (Å²) in [5.41, 5.74) is 0. The third-order valence-corrected chi connectivity index (χ3v) is 5.01. The van der Waals surface area contributed by atoms with Gasteiger partial charge in [-0.05, 0) is 25.7 Å². The van der Waals surface area contributed by atoms with Gasteiger partial charge in [-0.25, -0.2) is 0 Å². The van der Waals surface area contributed by atoms with Crippen LogP contribution in [0.15, 0.2) is 0 Å². The lowest BCUT2D eigenvalue weighted by Crippen LogP contribution is -2.63. The largest absolute Gasteiger partial charge is 0.460 e. The molecule has 1 N–H and O–H groups in total. The molecule has 0 aromatic carbocycles. The van der Waals surface area contributed by atoms with Crippen LogP contribution in [0, 0.1) is 0 Å². The van der Waals surface area contributed by atoms with Crippen molar-refractivity contribution in [2.75, 3.05) is 21.1 Å². The fourth-order valence-corrected chi connectivity index (χ4v) is 2.83. The van der Waals surface area contributed by atoms with Gasteiger partial charge in [-0.3, -0.25) is 4.55 Å². The Morgan fingerprint density at radius 2 is 1.15 bits per heavy atom. The molecule has 0 radical (unpaired) electrons. The molecule has 0 spiro atoms. The monoisotopic (exact) mass is 442 g/mol. The maximum absolute atomic E-state index is 12.2. The van der Waals surface area contributed by atoms with Gasteiger partial charge in [0, 0.05) is 0 Å². The molecule has 164 valence electrons. The predicted octanol–water partition coefficient (Wildman–Crippen LogP) is 4.33. The molecular weight excluding hydrogens is 421 g/mol. The van der Waals surface area contributed by atoms with E-state index in [-0.39, 0.29) is 0 Å². The van der Waals surface area contributed by atoms with Gasteiger partial charge in [0.25, 0.3) is 0 Å². The van der Waals surface area contributed by atoms with Gasteiger partial charge < -0.3 is 4.48 Å². The molecule has 0 aromatic heterocycles. The van der Waals surface area contributed by atoms with Crippen molar-refractivity contribution in [3.8, 4) is 0 Å². The third kappa shape index (κ3) is 5.62. The zero-order chi connectivity index (χ0) is 22.1. The number of hydrogen-bond acceptors (Lipinski definition) is 2. The molecule has 27 heavy (non-hydrogen) atoms. The summed E-state index contributed by atoms with van der Waals surface area (Å²) in [5.74, 6) is -14.7. The average Bonchev–Trinajstić information content (AvgIpc) is 2.45. The van der Waals surface area contributed by atoms with Crippen LogP contribution in [0.3, 0.4) is 0 Å². The molecule has 0 heterocycles. The van der Waals surface area contributed by atoms with Crippen LogP contribution >= 0.6 is 0 Å². The van der Waals surface area contributed by atoms with Crippen LogP contribution < -0.4 is 0 Å². The Bertz CT molecular complexity index is 591. The lowest BCUT2D eigenvalue weighted by Gasteiger charge is -2.36. The Kier molecular flexibility index (Phi) is 7.71. The van der Waals surface area contributed by atoms with E-state index in [2.05, 4.69) is 21.1 Å². The van der Waals surface area contributed by atoms with Gasteiger partial charge in [-0.1, -0.05) is 6.42 Å². The first-order valence-electron chi connectivity index (χ1n) is 7.59. The minimum atomic E-state index is -7.37. The van der Waals surface area contributed by atoms with Crippen molar-refractivity contribution in [3.63, 3.8) is 0 Å². The number of nitrogens with zero attached hydrogens (tertiary/aromatic N) is 1. The molecule has 4 nitrogen and oxygen atoms in total. The summed E-state index contributed by atoms with van der Waals surface area (Å²) in [6, 6.07) is 0.939. The molecule has 0 bridgehead atoms. The smallest absolute Gasteiger partial charge is 0.328 e. The highest BCUT2D eigenvalue weighted by Gasteiger charge is 2.85. The topological polar surface area (TPSA) is 54.4 Å². The van der Waals surface area contributed by atoms with E-state index in [1.807, 2.05) is 0 Å². The second-order valence-corrected chi connectivity index (χ2v) is 8.51. The highest BCUT2D eigenvalue weighted by atomic mass is 32.2. The first-order chi connectivity index (χ1) is 11.6. The zero-order valence-corrected chi connectivity index (χ0v) is 15.5. The molecule has 0 aliphatic heterocycles. The summed E-state index contributed by atoms with van der Waals surface area (Å²) in [5, 5.41) is -7.00. The Morgan fingerprint density at radius 3 is 1.37 bits per heavy atom. The maximum Gasteiger partial charge on any atom is 0.460 e. The lowest BCUT2D eigenvalue weighted by atomic mass is 9.94. The second kappa shape index (κ2) is 7.93. The highest BCUT2D eigenvalue weighted by molar-refractivity contribution is 7.87. The van der Waals surface area contributed by atoms with Crippen LogP contribution in [0.1, 0.15) is 32.1 Å². The Labute approximate surface area is 150 Å². The van der Waals surface area contributed by atoms with Crippen molar-refractivity contribution in [3.05, 3.63) is 0 Å². The Balaban J connectivity index is 0.000000569. The van der Waals surface area contributed by atoms with Crippen LogP contribution in [0.4, 0.5) is 39.5 Å². The number of halogens is 9. The number of rotatable bonds is 4. The van der Waals surface area contributed by atoms with E-state index >= 15 is 0 Å². The lowest BCUT2D eigenvalue weighted by molar-refractivity contribution is -0.897. The maximum atomic E-state index is 12.2. The molecule has 1 aliphatic carbocycles. The number of hydrogen-bond donors (Lipinski definition) is 1. The summed E-state index contributed by atoms with van der Waals surface area (Å²) in [4.78, 5) is 0. The zero-order valence-electron chi connectivity index (χ0n) is 14.6. The molecule has 0 unspecified atom stereocenters. The van der Waals surface area contributed by atoms with E-state index in [0.29, 0.717) is 0 Å². The van der Waals surface area contributed by atoms with E-state index in [1.54, 1.807) is 0 Å². The first kappa shape index (κ1) is 26.2. The summed E-state index contributed by atoms with van der Waals surface area (Å²) >= 11 is 0. The summed E-state index contributed by atoms with van der Waals surface area (Å²) in [6.07, 6.45) is 0.147. The molecule has 0 aromatic rings. The van der Waals surface area contributed by atoms with E-state index in [0.717, 1.165) is 6.04 Å². The van der Waals surface area contributed by atoms with Crippen LogP contribution in [0.25, 0.3) is 0 Å². The van der Waals surface area contributed by atoms with Crippen molar-refractivity contribution in [2.45, 2.75) is 61.4 Å².